The highest BCUT2D eigenvalue weighted by Gasteiger charge is 2.35. The van der Waals surface area contributed by atoms with Crippen LogP contribution in [0.5, 0.6) is 0 Å². The first-order valence-corrected chi connectivity index (χ1v) is 3.70. The molecule has 12 heavy (non-hydrogen) atoms. The highest BCUT2D eigenvalue weighted by molar-refractivity contribution is 5.94. The third kappa shape index (κ3) is 1.32. The zero-order valence-electron chi connectivity index (χ0n) is 6.65. The average molecular weight is 170 g/mol. The Labute approximate surface area is 69.5 Å². The highest BCUT2D eigenvalue weighted by Crippen LogP contribution is 2.31. The summed E-state index contributed by atoms with van der Waals surface area (Å²) in [5.74, 6) is -3.10. The molecule has 2 N–H and O–H groups in total. The Balaban J connectivity index is 2.88. The molecule has 0 radical (unpaired) electrons. The summed E-state index contributed by atoms with van der Waals surface area (Å²) < 4.78 is 0. The number of hydrogen-bond acceptors (Lipinski definition) is 2. The molecule has 0 aromatic carbocycles. The minimum atomic E-state index is -1.12. The lowest BCUT2D eigenvalue weighted by molar-refractivity contribution is -0.144. The van der Waals surface area contributed by atoms with Gasteiger partial charge in [0, 0.05) is 5.57 Å². The van der Waals surface area contributed by atoms with E-state index in [2.05, 4.69) is 0 Å². The van der Waals surface area contributed by atoms with Crippen LogP contribution in [-0.4, -0.2) is 22.2 Å². The molecular weight excluding hydrogens is 160 g/mol. The molecule has 2 unspecified atom stereocenters. The van der Waals surface area contributed by atoms with Crippen LogP contribution in [0.25, 0.3) is 0 Å². The molecule has 1 aliphatic rings. The van der Waals surface area contributed by atoms with E-state index in [1.165, 1.54) is 6.08 Å². The molecule has 0 aliphatic heterocycles. The second-order valence-corrected chi connectivity index (χ2v) is 2.99. The molecular formula is C8H10O4. The maximum absolute atomic E-state index is 10.6. The first-order chi connectivity index (χ1) is 5.54. The van der Waals surface area contributed by atoms with Gasteiger partial charge in [-0.25, -0.2) is 4.79 Å². The SMILES string of the molecule is CC1CC=C(C(=O)O)C1C(=O)O. The molecule has 0 spiro atoms. The largest absolute Gasteiger partial charge is 0.481 e. The Morgan fingerprint density at radius 2 is 2.08 bits per heavy atom. The van der Waals surface area contributed by atoms with E-state index in [1.54, 1.807) is 6.92 Å². The van der Waals surface area contributed by atoms with Crippen molar-refractivity contribution in [3.05, 3.63) is 11.6 Å². The van der Waals surface area contributed by atoms with Crippen molar-refractivity contribution in [1.82, 2.24) is 0 Å². The molecule has 66 valence electrons. The Morgan fingerprint density at radius 1 is 1.50 bits per heavy atom. The molecule has 4 heteroatoms. The van der Waals surface area contributed by atoms with Crippen molar-refractivity contribution in [2.75, 3.05) is 0 Å². The van der Waals surface area contributed by atoms with Crippen molar-refractivity contribution in [2.24, 2.45) is 11.8 Å². The summed E-state index contributed by atoms with van der Waals surface area (Å²) in [6, 6.07) is 0. The molecule has 0 saturated carbocycles. The lowest BCUT2D eigenvalue weighted by Crippen LogP contribution is -2.23. The summed E-state index contributed by atoms with van der Waals surface area (Å²) in [5.41, 5.74) is 0.0231. The van der Waals surface area contributed by atoms with E-state index in [1.807, 2.05) is 0 Å². The minimum absolute atomic E-state index is 0.0231. The predicted molar refractivity (Wildman–Crippen MR) is 40.6 cm³/mol. The molecule has 0 bridgehead atoms. The van der Waals surface area contributed by atoms with Crippen LogP contribution >= 0.6 is 0 Å². The van der Waals surface area contributed by atoms with Gasteiger partial charge in [-0.3, -0.25) is 4.79 Å². The molecule has 0 saturated heterocycles. The quantitative estimate of drug-likeness (QED) is 0.640. The normalized spacial score (nSPS) is 28.2. The van der Waals surface area contributed by atoms with Crippen LogP contribution in [0.3, 0.4) is 0 Å². The van der Waals surface area contributed by atoms with E-state index < -0.39 is 17.9 Å². The Bertz CT molecular complexity index is 254. The van der Waals surface area contributed by atoms with E-state index in [0.29, 0.717) is 6.42 Å². The first-order valence-electron chi connectivity index (χ1n) is 3.70. The van der Waals surface area contributed by atoms with Crippen LogP contribution < -0.4 is 0 Å². The van der Waals surface area contributed by atoms with Crippen LogP contribution in [-0.2, 0) is 9.59 Å². The predicted octanol–water partition coefficient (Wildman–Crippen LogP) is 0.738. The second-order valence-electron chi connectivity index (χ2n) is 2.99. The lowest BCUT2D eigenvalue weighted by Gasteiger charge is -2.11. The topological polar surface area (TPSA) is 74.6 Å². The van der Waals surface area contributed by atoms with Gasteiger partial charge in [-0.1, -0.05) is 13.0 Å². The number of rotatable bonds is 2. The van der Waals surface area contributed by atoms with Crippen LogP contribution in [0.4, 0.5) is 0 Å². The van der Waals surface area contributed by atoms with Gasteiger partial charge in [0.15, 0.2) is 0 Å². The van der Waals surface area contributed by atoms with Crippen molar-refractivity contribution in [3.8, 4) is 0 Å². The molecule has 1 aliphatic carbocycles. The molecule has 1 rings (SSSR count). The minimum Gasteiger partial charge on any atom is -0.481 e. The van der Waals surface area contributed by atoms with Gasteiger partial charge in [-0.15, -0.1) is 0 Å². The van der Waals surface area contributed by atoms with E-state index in [4.69, 9.17) is 10.2 Å². The Kier molecular flexibility index (Phi) is 2.17. The van der Waals surface area contributed by atoms with Crippen LogP contribution in [0, 0.1) is 11.8 Å². The Hall–Kier alpha value is -1.32. The van der Waals surface area contributed by atoms with Crippen LogP contribution in [0.15, 0.2) is 11.6 Å². The fraction of sp³-hybridized carbons (Fsp3) is 0.500. The van der Waals surface area contributed by atoms with E-state index in [-0.39, 0.29) is 11.5 Å². The summed E-state index contributed by atoms with van der Waals surface area (Å²) in [4.78, 5) is 21.2. The summed E-state index contributed by atoms with van der Waals surface area (Å²) in [6.45, 7) is 1.74. The van der Waals surface area contributed by atoms with E-state index >= 15 is 0 Å². The smallest absolute Gasteiger partial charge is 0.332 e. The van der Waals surface area contributed by atoms with Gasteiger partial charge in [-0.05, 0) is 12.3 Å². The fourth-order valence-corrected chi connectivity index (χ4v) is 1.48. The van der Waals surface area contributed by atoms with Gasteiger partial charge < -0.3 is 10.2 Å². The monoisotopic (exact) mass is 170 g/mol. The molecule has 0 heterocycles. The molecule has 0 aromatic heterocycles. The molecule has 2 atom stereocenters. The third-order valence-electron chi connectivity index (χ3n) is 2.13. The number of aliphatic carboxylic acids is 2. The van der Waals surface area contributed by atoms with E-state index in [9.17, 15) is 9.59 Å². The number of carbonyl (C=O) groups is 2. The second kappa shape index (κ2) is 2.97. The number of carboxylic acids is 2. The Morgan fingerprint density at radius 3 is 2.42 bits per heavy atom. The van der Waals surface area contributed by atoms with Crippen molar-refractivity contribution in [1.29, 1.82) is 0 Å². The fourth-order valence-electron chi connectivity index (χ4n) is 1.48. The number of hydrogen-bond donors (Lipinski definition) is 2. The van der Waals surface area contributed by atoms with Crippen LogP contribution in [0.1, 0.15) is 13.3 Å². The van der Waals surface area contributed by atoms with Gasteiger partial charge in [0.05, 0.1) is 5.92 Å². The number of carboxylic acid groups (broad SMARTS) is 2. The summed E-state index contributed by atoms with van der Waals surface area (Å²) in [7, 11) is 0. The lowest BCUT2D eigenvalue weighted by atomic mass is 9.93. The van der Waals surface area contributed by atoms with Gasteiger partial charge in [0.1, 0.15) is 0 Å². The molecule has 0 aromatic rings. The zero-order chi connectivity index (χ0) is 9.30. The van der Waals surface area contributed by atoms with Gasteiger partial charge >= 0.3 is 11.9 Å². The highest BCUT2D eigenvalue weighted by atomic mass is 16.4. The average Bonchev–Trinajstić information content (AvgIpc) is 2.30. The maximum Gasteiger partial charge on any atom is 0.332 e. The molecule has 0 amide bonds. The zero-order valence-corrected chi connectivity index (χ0v) is 6.65. The summed E-state index contributed by atoms with van der Waals surface area (Å²) in [6.07, 6.45) is 2.03. The van der Waals surface area contributed by atoms with Crippen molar-refractivity contribution < 1.29 is 19.8 Å². The van der Waals surface area contributed by atoms with Gasteiger partial charge in [-0.2, -0.15) is 0 Å². The van der Waals surface area contributed by atoms with Crippen molar-refractivity contribution in [2.45, 2.75) is 13.3 Å². The standard InChI is InChI=1S/C8H10O4/c1-4-2-3-5(7(9)10)6(4)8(11)12/h3-4,6H,2H2,1H3,(H,9,10)(H,11,12). The van der Waals surface area contributed by atoms with Gasteiger partial charge in [0.25, 0.3) is 0 Å². The molecule has 4 nitrogen and oxygen atoms in total. The summed E-state index contributed by atoms with van der Waals surface area (Å²) in [5, 5.41) is 17.3. The number of allylic oxidation sites excluding steroid dienone is 1. The van der Waals surface area contributed by atoms with Crippen molar-refractivity contribution >= 4 is 11.9 Å². The molecule has 0 fully saturated rings. The van der Waals surface area contributed by atoms with Gasteiger partial charge in [0.2, 0.25) is 0 Å². The maximum atomic E-state index is 10.6. The van der Waals surface area contributed by atoms with Crippen molar-refractivity contribution in [3.63, 3.8) is 0 Å². The third-order valence-corrected chi connectivity index (χ3v) is 2.13. The first kappa shape index (κ1) is 8.77. The van der Waals surface area contributed by atoms with E-state index in [0.717, 1.165) is 0 Å². The van der Waals surface area contributed by atoms with Crippen LogP contribution in [0.2, 0.25) is 0 Å². The summed E-state index contributed by atoms with van der Waals surface area (Å²) >= 11 is 0.